The summed E-state index contributed by atoms with van der Waals surface area (Å²) in [6.45, 7) is 9.97. The molecule has 0 spiro atoms. The van der Waals surface area contributed by atoms with Gasteiger partial charge in [0.05, 0.1) is 26.4 Å². The number of carbonyl (C=O) groups is 1. The monoisotopic (exact) mass is 460 g/mol. The molecule has 2 rings (SSSR count). The lowest BCUT2D eigenvalue weighted by atomic mass is 9.95. The van der Waals surface area contributed by atoms with Crippen LogP contribution >= 0.6 is 0 Å². The Morgan fingerprint density at radius 2 is 1.18 bits per heavy atom. The van der Waals surface area contributed by atoms with E-state index >= 15 is 0 Å². The summed E-state index contributed by atoms with van der Waals surface area (Å²) in [5.41, 5.74) is 0.990. The maximum absolute atomic E-state index is 13.9. The maximum atomic E-state index is 13.9. The van der Waals surface area contributed by atoms with Gasteiger partial charge in [0.2, 0.25) is 5.78 Å². The lowest BCUT2D eigenvalue weighted by Gasteiger charge is -2.37. The molecule has 0 N–H and O–H groups in total. The van der Waals surface area contributed by atoms with E-state index < -0.39 is 18.4 Å². The van der Waals surface area contributed by atoms with Crippen LogP contribution in [0.1, 0.15) is 43.6 Å². The normalized spacial score (nSPS) is 15.0. The van der Waals surface area contributed by atoms with Gasteiger partial charge in [-0.1, -0.05) is 60.7 Å². The predicted octanol–water partition coefficient (Wildman–Crippen LogP) is 4.55. The van der Waals surface area contributed by atoms with Crippen LogP contribution in [-0.2, 0) is 34.2 Å². The van der Waals surface area contributed by atoms with Crippen molar-refractivity contribution in [1.82, 2.24) is 0 Å². The van der Waals surface area contributed by atoms with E-state index in [1.54, 1.807) is 50.2 Å². The standard InChI is InChI=1S/C26H36O7/c1-5-28-17-19-30-21(3)32-26(24-15-11-8-12-16-24,25(27)23-13-9-7-10-14-23)33-22(4)31-20-18-29-6-2/h7-16,21-22H,5-6,17-20H2,1-4H3. The fourth-order valence-electron chi connectivity index (χ4n) is 3.21. The van der Waals surface area contributed by atoms with Crippen molar-refractivity contribution in [3.63, 3.8) is 0 Å². The van der Waals surface area contributed by atoms with E-state index in [-0.39, 0.29) is 5.78 Å². The Hall–Kier alpha value is -2.13. The first-order valence-corrected chi connectivity index (χ1v) is 11.4. The average molecular weight is 461 g/mol. The molecule has 0 saturated heterocycles. The van der Waals surface area contributed by atoms with E-state index in [0.717, 1.165) is 0 Å². The smallest absolute Gasteiger partial charge is 0.265 e. The van der Waals surface area contributed by atoms with Gasteiger partial charge in [0.25, 0.3) is 5.79 Å². The Kier molecular flexibility index (Phi) is 12.2. The van der Waals surface area contributed by atoms with Crippen LogP contribution in [0.5, 0.6) is 0 Å². The first-order chi connectivity index (χ1) is 16.0. The molecular formula is C26H36O7. The third-order valence-corrected chi connectivity index (χ3v) is 4.72. The van der Waals surface area contributed by atoms with Crippen molar-refractivity contribution in [3.8, 4) is 0 Å². The summed E-state index contributed by atoms with van der Waals surface area (Å²) in [7, 11) is 0. The van der Waals surface area contributed by atoms with Gasteiger partial charge in [-0.3, -0.25) is 4.79 Å². The van der Waals surface area contributed by atoms with Crippen molar-refractivity contribution in [1.29, 1.82) is 0 Å². The minimum absolute atomic E-state index is 0.319. The molecule has 0 aliphatic carbocycles. The zero-order chi connectivity index (χ0) is 23.9. The molecule has 2 atom stereocenters. The Morgan fingerprint density at radius 3 is 1.64 bits per heavy atom. The van der Waals surface area contributed by atoms with Gasteiger partial charge in [-0.05, 0) is 27.7 Å². The van der Waals surface area contributed by atoms with E-state index in [1.165, 1.54) is 0 Å². The number of hydrogen-bond acceptors (Lipinski definition) is 7. The van der Waals surface area contributed by atoms with E-state index in [4.69, 9.17) is 28.4 Å². The molecule has 0 aromatic heterocycles. The maximum Gasteiger partial charge on any atom is 0.265 e. The summed E-state index contributed by atoms with van der Waals surface area (Å²) in [6, 6.07) is 18.0. The molecular weight excluding hydrogens is 424 g/mol. The second-order valence-electron chi connectivity index (χ2n) is 7.18. The summed E-state index contributed by atoms with van der Waals surface area (Å²) in [5, 5.41) is 0. The highest BCUT2D eigenvalue weighted by atomic mass is 16.8. The number of carbonyl (C=O) groups excluding carboxylic acids is 1. The van der Waals surface area contributed by atoms with Crippen LogP contribution in [0.2, 0.25) is 0 Å². The number of Topliss-reactive ketones (excluding diaryl/α,β-unsaturated/α-hetero) is 1. The first kappa shape index (κ1) is 27.1. The molecule has 0 bridgehead atoms. The molecule has 0 aliphatic heterocycles. The van der Waals surface area contributed by atoms with E-state index in [0.29, 0.717) is 50.8 Å². The third-order valence-electron chi connectivity index (χ3n) is 4.72. The number of rotatable bonds is 17. The molecule has 2 aromatic rings. The quantitative estimate of drug-likeness (QED) is 0.195. The van der Waals surface area contributed by atoms with Gasteiger partial charge in [0, 0.05) is 24.3 Å². The highest BCUT2D eigenvalue weighted by Gasteiger charge is 2.46. The summed E-state index contributed by atoms with van der Waals surface area (Å²) < 4.78 is 34.7. The fourth-order valence-corrected chi connectivity index (χ4v) is 3.21. The van der Waals surface area contributed by atoms with Gasteiger partial charge in [0.1, 0.15) is 0 Å². The summed E-state index contributed by atoms with van der Waals surface area (Å²) in [4.78, 5) is 13.9. The number of benzene rings is 2. The Balaban J connectivity index is 2.35. The molecule has 182 valence electrons. The third kappa shape index (κ3) is 8.62. The lowest BCUT2D eigenvalue weighted by Crippen LogP contribution is -2.47. The van der Waals surface area contributed by atoms with Gasteiger partial charge < -0.3 is 28.4 Å². The molecule has 7 heteroatoms. The minimum atomic E-state index is -1.78. The largest absolute Gasteiger partial charge is 0.379 e. The van der Waals surface area contributed by atoms with Crippen molar-refractivity contribution in [2.45, 2.75) is 46.1 Å². The molecule has 0 radical (unpaired) electrons. The molecule has 7 nitrogen and oxygen atoms in total. The van der Waals surface area contributed by atoms with Gasteiger partial charge in [-0.2, -0.15) is 0 Å². The SMILES string of the molecule is CCOCCOC(C)OC(OC(C)OCCOCC)(C(=O)c1ccccc1)c1ccccc1. The van der Waals surface area contributed by atoms with Gasteiger partial charge in [-0.15, -0.1) is 0 Å². The molecule has 0 aliphatic rings. The highest BCUT2D eigenvalue weighted by Crippen LogP contribution is 2.35. The summed E-state index contributed by atoms with van der Waals surface area (Å²) >= 11 is 0. The predicted molar refractivity (Wildman–Crippen MR) is 125 cm³/mol. The molecule has 0 heterocycles. The van der Waals surface area contributed by atoms with Crippen LogP contribution in [0.25, 0.3) is 0 Å². The Morgan fingerprint density at radius 1 is 0.727 bits per heavy atom. The van der Waals surface area contributed by atoms with E-state index in [2.05, 4.69) is 0 Å². The molecule has 0 saturated carbocycles. The van der Waals surface area contributed by atoms with Crippen molar-refractivity contribution in [2.75, 3.05) is 39.6 Å². The number of ether oxygens (including phenoxy) is 6. The van der Waals surface area contributed by atoms with E-state index in [9.17, 15) is 4.79 Å². The molecule has 2 unspecified atom stereocenters. The summed E-state index contributed by atoms with van der Waals surface area (Å²) in [6.07, 6.45) is -1.51. The zero-order valence-electron chi connectivity index (χ0n) is 20.0. The Labute approximate surface area is 196 Å². The first-order valence-electron chi connectivity index (χ1n) is 11.4. The van der Waals surface area contributed by atoms with Crippen molar-refractivity contribution in [3.05, 3.63) is 71.8 Å². The van der Waals surface area contributed by atoms with Crippen LogP contribution in [0.15, 0.2) is 60.7 Å². The second-order valence-corrected chi connectivity index (χ2v) is 7.18. The number of ketones is 1. The zero-order valence-corrected chi connectivity index (χ0v) is 20.0. The lowest BCUT2D eigenvalue weighted by molar-refractivity contribution is -0.330. The van der Waals surface area contributed by atoms with Crippen LogP contribution in [0.3, 0.4) is 0 Å². The highest BCUT2D eigenvalue weighted by molar-refractivity contribution is 6.02. The second kappa shape index (κ2) is 14.9. The van der Waals surface area contributed by atoms with Crippen LogP contribution in [0.4, 0.5) is 0 Å². The Bertz CT molecular complexity index is 762. The van der Waals surface area contributed by atoms with Crippen molar-refractivity contribution < 1.29 is 33.2 Å². The fraction of sp³-hybridized carbons (Fsp3) is 0.500. The van der Waals surface area contributed by atoms with Crippen molar-refractivity contribution in [2.24, 2.45) is 0 Å². The molecule has 33 heavy (non-hydrogen) atoms. The van der Waals surface area contributed by atoms with Crippen LogP contribution < -0.4 is 0 Å². The van der Waals surface area contributed by atoms with Gasteiger partial charge in [0.15, 0.2) is 12.6 Å². The molecule has 2 aromatic carbocycles. The van der Waals surface area contributed by atoms with Gasteiger partial charge >= 0.3 is 0 Å². The van der Waals surface area contributed by atoms with E-state index in [1.807, 2.05) is 38.1 Å². The van der Waals surface area contributed by atoms with Crippen molar-refractivity contribution >= 4 is 5.78 Å². The molecule has 0 amide bonds. The van der Waals surface area contributed by atoms with Crippen LogP contribution in [-0.4, -0.2) is 58.0 Å². The van der Waals surface area contributed by atoms with Crippen LogP contribution in [0, 0.1) is 0 Å². The minimum Gasteiger partial charge on any atom is -0.379 e. The average Bonchev–Trinajstić information content (AvgIpc) is 2.84. The molecule has 0 fully saturated rings. The number of hydrogen-bond donors (Lipinski definition) is 0. The topological polar surface area (TPSA) is 72.5 Å². The van der Waals surface area contributed by atoms with Gasteiger partial charge in [-0.25, -0.2) is 0 Å². The summed E-state index contributed by atoms with van der Waals surface area (Å²) in [5.74, 6) is -2.13.